The number of aliphatic hydroxyl groups excluding tert-OH is 1. The molecule has 0 aliphatic heterocycles. The number of rotatable bonds is 8. The smallest absolute Gasteiger partial charge is 0.273 e. The topological polar surface area (TPSA) is 84.6 Å². The van der Waals surface area contributed by atoms with E-state index >= 15 is 0 Å². The van der Waals surface area contributed by atoms with Gasteiger partial charge >= 0.3 is 0 Å². The predicted molar refractivity (Wildman–Crippen MR) is 96.4 cm³/mol. The van der Waals surface area contributed by atoms with Gasteiger partial charge in [0.15, 0.2) is 11.5 Å². The molecule has 2 aromatic carbocycles. The fraction of sp³-hybridized carbons (Fsp3) is 0.200. The summed E-state index contributed by atoms with van der Waals surface area (Å²) in [7, 11) is 0. The molecule has 1 atom stereocenters. The molecule has 26 heavy (non-hydrogen) atoms. The number of aromatic nitrogens is 1. The molecular weight excluding hydrogens is 332 g/mol. The van der Waals surface area contributed by atoms with Crippen molar-refractivity contribution in [2.75, 3.05) is 13.2 Å². The first-order chi connectivity index (χ1) is 12.7. The van der Waals surface area contributed by atoms with Crippen LogP contribution in [0.1, 0.15) is 16.1 Å². The fourth-order valence-corrected chi connectivity index (χ4v) is 2.37. The van der Waals surface area contributed by atoms with Gasteiger partial charge in [0.05, 0.1) is 19.3 Å². The highest BCUT2D eigenvalue weighted by Gasteiger charge is 2.15. The molecule has 6 heteroatoms. The summed E-state index contributed by atoms with van der Waals surface area (Å²) in [5, 5.41) is 16.3. The summed E-state index contributed by atoms with van der Waals surface area (Å²) in [4.78, 5) is 12.1. The van der Waals surface area contributed by atoms with E-state index in [2.05, 4.69) is 10.5 Å². The summed E-state index contributed by atoms with van der Waals surface area (Å²) in [6.45, 7) is 0.611. The van der Waals surface area contributed by atoms with Crippen LogP contribution < -0.4 is 5.32 Å². The molecule has 0 fully saturated rings. The molecule has 0 unspecified atom stereocenters. The van der Waals surface area contributed by atoms with Crippen LogP contribution in [0.4, 0.5) is 0 Å². The molecule has 0 aliphatic rings. The van der Waals surface area contributed by atoms with E-state index in [1.54, 1.807) is 6.07 Å². The number of hydrogen-bond acceptors (Lipinski definition) is 5. The molecule has 2 N–H and O–H groups in total. The monoisotopic (exact) mass is 352 g/mol. The van der Waals surface area contributed by atoms with Crippen molar-refractivity contribution in [3.05, 3.63) is 78.0 Å². The van der Waals surface area contributed by atoms with Crippen molar-refractivity contribution in [2.24, 2.45) is 0 Å². The van der Waals surface area contributed by atoms with Crippen LogP contribution in [0.5, 0.6) is 0 Å². The number of benzene rings is 2. The van der Waals surface area contributed by atoms with E-state index in [4.69, 9.17) is 9.26 Å². The lowest BCUT2D eigenvalue weighted by Crippen LogP contribution is -2.34. The first-order valence-electron chi connectivity index (χ1n) is 8.32. The molecule has 0 aliphatic carbocycles. The Morgan fingerprint density at radius 1 is 1.12 bits per heavy atom. The Kier molecular flexibility index (Phi) is 6.14. The molecule has 0 bridgehead atoms. The van der Waals surface area contributed by atoms with Crippen LogP contribution in [0.25, 0.3) is 11.3 Å². The average molecular weight is 352 g/mol. The van der Waals surface area contributed by atoms with Crippen molar-refractivity contribution in [2.45, 2.75) is 12.7 Å². The summed E-state index contributed by atoms with van der Waals surface area (Å²) < 4.78 is 10.6. The zero-order chi connectivity index (χ0) is 18.2. The van der Waals surface area contributed by atoms with E-state index in [-0.39, 0.29) is 18.8 Å². The number of ether oxygens (including phenoxy) is 1. The second-order valence-corrected chi connectivity index (χ2v) is 5.81. The van der Waals surface area contributed by atoms with Crippen LogP contribution in [-0.2, 0) is 11.3 Å². The zero-order valence-corrected chi connectivity index (χ0v) is 14.2. The maximum Gasteiger partial charge on any atom is 0.273 e. The Bertz CT molecular complexity index is 818. The summed E-state index contributed by atoms with van der Waals surface area (Å²) in [6, 6.07) is 20.7. The maximum absolute atomic E-state index is 12.1. The highest BCUT2D eigenvalue weighted by molar-refractivity contribution is 5.93. The zero-order valence-electron chi connectivity index (χ0n) is 14.2. The third kappa shape index (κ3) is 5.02. The SMILES string of the molecule is O=C(NC[C@H](O)COCc1ccccc1)c1cc(-c2ccccc2)on1. The van der Waals surface area contributed by atoms with Crippen LogP contribution in [0, 0.1) is 0 Å². The van der Waals surface area contributed by atoms with Crippen molar-refractivity contribution in [1.82, 2.24) is 10.5 Å². The number of carbonyl (C=O) groups excluding carboxylic acids is 1. The highest BCUT2D eigenvalue weighted by atomic mass is 16.5. The largest absolute Gasteiger partial charge is 0.389 e. The molecule has 6 nitrogen and oxygen atoms in total. The van der Waals surface area contributed by atoms with Crippen molar-refractivity contribution in [3.8, 4) is 11.3 Å². The highest BCUT2D eigenvalue weighted by Crippen LogP contribution is 2.19. The predicted octanol–water partition coefficient (Wildman–Crippen LogP) is 2.65. The molecule has 1 amide bonds. The first-order valence-corrected chi connectivity index (χ1v) is 8.32. The summed E-state index contributed by atoms with van der Waals surface area (Å²) in [6.07, 6.45) is -0.803. The Hall–Kier alpha value is -2.96. The molecule has 134 valence electrons. The van der Waals surface area contributed by atoms with E-state index in [9.17, 15) is 9.90 Å². The summed E-state index contributed by atoms with van der Waals surface area (Å²) in [5.41, 5.74) is 2.04. The van der Waals surface area contributed by atoms with Crippen molar-refractivity contribution >= 4 is 5.91 Å². The third-order valence-corrected chi connectivity index (χ3v) is 3.72. The third-order valence-electron chi connectivity index (χ3n) is 3.72. The number of nitrogens with zero attached hydrogens (tertiary/aromatic N) is 1. The standard InChI is InChI=1S/C20H20N2O4/c23-17(14-25-13-15-7-3-1-4-8-15)12-21-20(24)18-11-19(26-22-18)16-9-5-2-6-10-16/h1-11,17,23H,12-14H2,(H,21,24)/t17-/m0/s1. The van der Waals surface area contributed by atoms with Crippen molar-refractivity contribution < 1.29 is 19.2 Å². The molecule has 0 saturated carbocycles. The average Bonchev–Trinajstić information content (AvgIpc) is 3.18. The quantitative estimate of drug-likeness (QED) is 0.651. The van der Waals surface area contributed by atoms with E-state index in [1.807, 2.05) is 60.7 Å². The van der Waals surface area contributed by atoms with E-state index in [0.29, 0.717) is 12.4 Å². The molecule has 0 spiro atoms. The molecular formula is C20H20N2O4. The second-order valence-electron chi connectivity index (χ2n) is 5.81. The van der Waals surface area contributed by atoms with Crippen molar-refractivity contribution in [1.29, 1.82) is 0 Å². The van der Waals surface area contributed by atoms with Gasteiger partial charge in [0.2, 0.25) is 0 Å². The van der Waals surface area contributed by atoms with Gasteiger partial charge in [-0.05, 0) is 5.56 Å². The van der Waals surface area contributed by atoms with Gasteiger partial charge in [0, 0.05) is 18.2 Å². The Morgan fingerprint density at radius 3 is 2.54 bits per heavy atom. The molecule has 0 saturated heterocycles. The van der Waals surface area contributed by atoms with Gasteiger partial charge in [0.25, 0.3) is 5.91 Å². The lowest BCUT2D eigenvalue weighted by atomic mass is 10.1. The van der Waals surface area contributed by atoms with Crippen LogP contribution in [0.3, 0.4) is 0 Å². The van der Waals surface area contributed by atoms with E-state index in [1.165, 1.54) is 0 Å². The minimum atomic E-state index is -0.803. The van der Waals surface area contributed by atoms with Crippen LogP contribution in [0.15, 0.2) is 71.3 Å². The van der Waals surface area contributed by atoms with Crippen LogP contribution in [-0.4, -0.2) is 35.4 Å². The van der Waals surface area contributed by atoms with E-state index < -0.39 is 12.0 Å². The van der Waals surface area contributed by atoms with Gasteiger partial charge in [-0.2, -0.15) is 0 Å². The maximum atomic E-state index is 12.1. The number of amides is 1. The molecule has 0 radical (unpaired) electrons. The first kappa shape index (κ1) is 17.8. The minimum Gasteiger partial charge on any atom is -0.389 e. The molecule has 3 aromatic rings. The Labute approximate surface area is 151 Å². The normalized spacial score (nSPS) is 11.9. The van der Waals surface area contributed by atoms with Gasteiger partial charge in [-0.15, -0.1) is 0 Å². The van der Waals surface area contributed by atoms with Crippen LogP contribution in [0.2, 0.25) is 0 Å². The molecule has 3 rings (SSSR count). The second kappa shape index (κ2) is 8.94. The molecule has 1 heterocycles. The summed E-state index contributed by atoms with van der Waals surface area (Å²) in [5.74, 6) is 0.112. The number of aliphatic hydroxyl groups is 1. The van der Waals surface area contributed by atoms with Crippen molar-refractivity contribution in [3.63, 3.8) is 0 Å². The fourth-order valence-electron chi connectivity index (χ4n) is 2.37. The Morgan fingerprint density at radius 2 is 1.81 bits per heavy atom. The molecule has 1 aromatic heterocycles. The van der Waals surface area contributed by atoms with E-state index in [0.717, 1.165) is 11.1 Å². The van der Waals surface area contributed by atoms with Gasteiger partial charge in [-0.25, -0.2) is 0 Å². The number of carbonyl (C=O) groups is 1. The number of hydrogen-bond donors (Lipinski definition) is 2. The lowest BCUT2D eigenvalue weighted by molar-refractivity contribution is 0.0284. The van der Waals surface area contributed by atoms with Gasteiger partial charge < -0.3 is 19.7 Å². The summed E-state index contributed by atoms with van der Waals surface area (Å²) >= 11 is 0. The number of nitrogens with one attached hydrogen (secondary N) is 1. The lowest BCUT2D eigenvalue weighted by Gasteiger charge is -2.11. The van der Waals surface area contributed by atoms with Crippen LogP contribution >= 0.6 is 0 Å². The minimum absolute atomic E-state index is 0.0706. The Balaban J connectivity index is 1.43. The van der Waals surface area contributed by atoms with Gasteiger partial charge in [-0.3, -0.25) is 4.79 Å². The van der Waals surface area contributed by atoms with Gasteiger partial charge in [-0.1, -0.05) is 65.8 Å². The van der Waals surface area contributed by atoms with Gasteiger partial charge in [0.1, 0.15) is 0 Å².